The zero-order chi connectivity index (χ0) is 27.7. The lowest BCUT2D eigenvalue weighted by atomic mass is 9.98. The van der Waals surface area contributed by atoms with Gasteiger partial charge in [0.05, 0.1) is 19.3 Å². The van der Waals surface area contributed by atoms with Crippen LogP contribution in [0.5, 0.6) is 0 Å². The maximum absolute atomic E-state index is 10.3. The summed E-state index contributed by atoms with van der Waals surface area (Å²) in [5.41, 5.74) is 3.79. The third-order valence-corrected chi connectivity index (χ3v) is 6.72. The Morgan fingerprint density at radius 3 is 1.81 bits per heavy atom. The predicted molar refractivity (Wildman–Crippen MR) is 136 cm³/mol. The van der Waals surface area contributed by atoms with Gasteiger partial charge in [-0.2, -0.15) is 0 Å². The van der Waals surface area contributed by atoms with Crippen molar-refractivity contribution in [1.82, 2.24) is 0 Å². The highest BCUT2D eigenvalue weighted by Crippen LogP contribution is 2.26. The molecule has 214 valence electrons. The van der Waals surface area contributed by atoms with Gasteiger partial charge in [0.25, 0.3) is 0 Å². The maximum atomic E-state index is 10.3. The van der Waals surface area contributed by atoms with E-state index in [9.17, 15) is 30.6 Å². The zero-order valence-corrected chi connectivity index (χ0v) is 22.6. The van der Waals surface area contributed by atoms with Crippen LogP contribution in [0.4, 0.5) is 0 Å². The molecule has 2 rings (SSSR count). The SMILES string of the molecule is CC(C)=CCCC(C)=CCCC(C)=CCOC1OC(COC2OC(C)C(O)C(O)C2O)C(O)C(O)C1O. The van der Waals surface area contributed by atoms with Gasteiger partial charge in [0.15, 0.2) is 12.6 Å². The Balaban J connectivity index is 1.82. The van der Waals surface area contributed by atoms with Crippen LogP contribution in [0.25, 0.3) is 0 Å². The second kappa shape index (κ2) is 15.4. The first kappa shape index (κ1) is 32.0. The molecule has 37 heavy (non-hydrogen) atoms. The number of allylic oxidation sites excluding steroid dienone is 5. The summed E-state index contributed by atoms with van der Waals surface area (Å²) in [7, 11) is 0. The van der Waals surface area contributed by atoms with E-state index >= 15 is 0 Å². The molecule has 2 heterocycles. The molecule has 10 heteroatoms. The Hall–Kier alpha value is -1.18. The van der Waals surface area contributed by atoms with Gasteiger partial charge in [-0.05, 0) is 60.3 Å². The molecule has 0 bridgehead atoms. The normalized spacial score (nSPS) is 37.5. The van der Waals surface area contributed by atoms with Gasteiger partial charge in [0.2, 0.25) is 0 Å². The lowest BCUT2D eigenvalue weighted by Gasteiger charge is -2.42. The fourth-order valence-corrected chi connectivity index (χ4v) is 4.16. The minimum absolute atomic E-state index is 0.138. The van der Waals surface area contributed by atoms with Crippen LogP contribution in [-0.2, 0) is 18.9 Å². The summed E-state index contributed by atoms with van der Waals surface area (Å²) in [5.74, 6) is 0. The van der Waals surface area contributed by atoms with Crippen molar-refractivity contribution < 1.29 is 49.6 Å². The lowest BCUT2D eigenvalue weighted by molar-refractivity contribution is -0.326. The second-order valence-electron chi connectivity index (χ2n) is 10.3. The van der Waals surface area contributed by atoms with Gasteiger partial charge in [0.1, 0.15) is 42.7 Å². The first-order valence-corrected chi connectivity index (χ1v) is 13.0. The molecule has 0 aliphatic carbocycles. The molecule has 0 aromatic rings. The molecule has 2 saturated heterocycles. The molecule has 10 atom stereocenters. The van der Waals surface area contributed by atoms with E-state index in [1.807, 2.05) is 13.0 Å². The van der Waals surface area contributed by atoms with Gasteiger partial charge < -0.3 is 49.6 Å². The number of aliphatic hydroxyl groups is 6. The Labute approximate surface area is 219 Å². The molecular weight excluding hydrogens is 484 g/mol. The van der Waals surface area contributed by atoms with Gasteiger partial charge >= 0.3 is 0 Å². The summed E-state index contributed by atoms with van der Waals surface area (Å²) in [5, 5.41) is 60.7. The molecule has 0 spiro atoms. The highest BCUT2D eigenvalue weighted by Gasteiger charge is 2.46. The fraction of sp³-hybridized carbons (Fsp3) is 0.778. The van der Waals surface area contributed by atoms with E-state index in [0.29, 0.717) is 0 Å². The van der Waals surface area contributed by atoms with Crippen LogP contribution >= 0.6 is 0 Å². The minimum Gasteiger partial charge on any atom is -0.388 e. The van der Waals surface area contributed by atoms with Gasteiger partial charge in [-0.25, -0.2) is 0 Å². The van der Waals surface area contributed by atoms with Crippen molar-refractivity contribution in [3.05, 3.63) is 34.9 Å². The van der Waals surface area contributed by atoms with Crippen molar-refractivity contribution in [1.29, 1.82) is 0 Å². The number of hydrogen-bond donors (Lipinski definition) is 6. The maximum Gasteiger partial charge on any atom is 0.187 e. The van der Waals surface area contributed by atoms with Crippen molar-refractivity contribution in [2.24, 2.45) is 0 Å². The van der Waals surface area contributed by atoms with Gasteiger partial charge in [-0.15, -0.1) is 0 Å². The van der Waals surface area contributed by atoms with Crippen molar-refractivity contribution in [3.63, 3.8) is 0 Å². The summed E-state index contributed by atoms with van der Waals surface area (Å²) in [4.78, 5) is 0. The third-order valence-electron chi connectivity index (χ3n) is 6.72. The number of hydrogen-bond acceptors (Lipinski definition) is 10. The molecule has 0 radical (unpaired) electrons. The molecule has 10 nitrogen and oxygen atoms in total. The van der Waals surface area contributed by atoms with Crippen LogP contribution in [0.1, 0.15) is 60.3 Å². The first-order chi connectivity index (χ1) is 17.4. The third kappa shape index (κ3) is 9.81. The van der Waals surface area contributed by atoms with E-state index < -0.39 is 61.4 Å². The smallest absolute Gasteiger partial charge is 0.187 e. The van der Waals surface area contributed by atoms with Crippen LogP contribution in [-0.4, -0.2) is 105 Å². The highest BCUT2D eigenvalue weighted by atomic mass is 16.7. The second-order valence-corrected chi connectivity index (χ2v) is 10.3. The van der Waals surface area contributed by atoms with Crippen molar-refractivity contribution in [3.8, 4) is 0 Å². The first-order valence-electron chi connectivity index (χ1n) is 13.0. The van der Waals surface area contributed by atoms with E-state index in [1.54, 1.807) is 0 Å². The molecule has 0 aromatic carbocycles. The van der Waals surface area contributed by atoms with E-state index in [-0.39, 0.29) is 13.2 Å². The predicted octanol–water partition coefficient (Wildman–Crippen LogP) is 1.07. The van der Waals surface area contributed by atoms with Gasteiger partial charge in [-0.3, -0.25) is 0 Å². The molecule has 2 fully saturated rings. The Kier molecular flexibility index (Phi) is 13.4. The minimum atomic E-state index is -1.54. The molecule has 0 saturated carbocycles. The van der Waals surface area contributed by atoms with Crippen LogP contribution in [0.2, 0.25) is 0 Å². The van der Waals surface area contributed by atoms with Gasteiger partial charge in [0, 0.05) is 0 Å². The number of ether oxygens (including phenoxy) is 4. The largest absolute Gasteiger partial charge is 0.388 e. The standard InChI is InChI=1S/C27H46O10/c1-15(2)8-6-9-16(3)10-7-11-17(4)12-13-34-26-25(33)23(31)21(29)19(37-26)14-35-27-24(32)22(30)20(28)18(5)36-27/h8,10,12,18-33H,6-7,9,11,13-14H2,1-5H3. The Morgan fingerprint density at radius 2 is 1.19 bits per heavy atom. The zero-order valence-electron chi connectivity index (χ0n) is 22.6. The fourth-order valence-electron chi connectivity index (χ4n) is 4.16. The van der Waals surface area contributed by atoms with E-state index in [0.717, 1.165) is 31.3 Å². The Bertz CT molecular complexity index is 777. The summed E-state index contributed by atoms with van der Waals surface area (Å²) in [6, 6.07) is 0. The van der Waals surface area contributed by atoms with E-state index in [4.69, 9.17) is 18.9 Å². The summed E-state index contributed by atoms with van der Waals surface area (Å²) in [6.07, 6.45) is -2.91. The molecule has 6 N–H and O–H groups in total. The van der Waals surface area contributed by atoms with Crippen LogP contribution in [0.3, 0.4) is 0 Å². The summed E-state index contributed by atoms with van der Waals surface area (Å²) >= 11 is 0. The van der Waals surface area contributed by atoms with Crippen LogP contribution in [0.15, 0.2) is 34.9 Å². The number of rotatable bonds is 12. The van der Waals surface area contributed by atoms with Gasteiger partial charge in [-0.1, -0.05) is 34.9 Å². The molecule has 0 aromatic heterocycles. The molecular formula is C27H46O10. The van der Waals surface area contributed by atoms with Crippen molar-refractivity contribution in [2.75, 3.05) is 13.2 Å². The van der Waals surface area contributed by atoms with Crippen LogP contribution in [0, 0.1) is 0 Å². The van der Waals surface area contributed by atoms with E-state index in [2.05, 4.69) is 32.9 Å². The summed E-state index contributed by atoms with van der Waals surface area (Å²) < 4.78 is 22.1. The molecule has 2 aliphatic heterocycles. The van der Waals surface area contributed by atoms with Crippen molar-refractivity contribution >= 4 is 0 Å². The van der Waals surface area contributed by atoms with Crippen LogP contribution < -0.4 is 0 Å². The molecule has 0 amide bonds. The highest BCUT2D eigenvalue weighted by molar-refractivity contribution is 5.05. The molecule has 10 unspecified atom stereocenters. The number of aliphatic hydroxyl groups excluding tert-OH is 6. The van der Waals surface area contributed by atoms with E-state index in [1.165, 1.54) is 18.1 Å². The Morgan fingerprint density at radius 1 is 0.649 bits per heavy atom. The quantitative estimate of drug-likeness (QED) is 0.202. The lowest BCUT2D eigenvalue weighted by Crippen LogP contribution is -2.61. The topological polar surface area (TPSA) is 158 Å². The van der Waals surface area contributed by atoms with Crippen molar-refractivity contribution in [2.45, 2.75) is 122 Å². The summed E-state index contributed by atoms with van der Waals surface area (Å²) in [6.45, 7) is 9.65. The monoisotopic (exact) mass is 530 g/mol. The average molecular weight is 531 g/mol. The average Bonchev–Trinajstić information content (AvgIpc) is 2.84. The molecule has 2 aliphatic rings.